The molecular weight excluding hydrogens is 350 g/mol. The van der Waals surface area contributed by atoms with E-state index in [1.807, 2.05) is 53.4 Å². The van der Waals surface area contributed by atoms with Gasteiger partial charge in [0.1, 0.15) is 0 Å². The number of hydrogen-bond donors (Lipinski definition) is 0. The van der Waals surface area contributed by atoms with E-state index in [2.05, 4.69) is 15.9 Å². The summed E-state index contributed by atoms with van der Waals surface area (Å²) < 4.78 is 0.975. The molecule has 1 saturated heterocycles. The van der Waals surface area contributed by atoms with Crippen molar-refractivity contribution >= 4 is 33.4 Å². The molecule has 1 aliphatic heterocycles. The van der Waals surface area contributed by atoms with E-state index in [4.69, 9.17) is 11.6 Å². The topological polar surface area (TPSA) is 20.3 Å². The van der Waals surface area contributed by atoms with Crippen LogP contribution in [0.2, 0.25) is 5.02 Å². The Bertz CT molecular complexity index is 656. The largest absolute Gasteiger partial charge is 0.332 e. The first-order valence-electron chi connectivity index (χ1n) is 6.98. The molecular formula is C17H15BrClNO. The van der Waals surface area contributed by atoms with Gasteiger partial charge in [-0.15, -0.1) is 0 Å². The highest BCUT2D eigenvalue weighted by Gasteiger charge is 2.31. The lowest BCUT2D eigenvalue weighted by molar-refractivity contribution is 0.0736. The minimum absolute atomic E-state index is 0.0740. The number of rotatable bonds is 2. The van der Waals surface area contributed by atoms with Crippen molar-refractivity contribution in [2.75, 3.05) is 6.54 Å². The van der Waals surface area contributed by atoms with Crippen LogP contribution in [0.25, 0.3) is 0 Å². The maximum absolute atomic E-state index is 12.7. The van der Waals surface area contributed by atoms with Gasteiger partial charge in [0.25, 0.3) is 5.91 Å². The molecule has 108 valence electrons. The standard InChI is InChI=1S/C17H15BrClNO/c18-13-9-7-12(8-10-13)17(21)20-11-3-6-16(20)14-4-1-2-5-15(14)19/h1-2,4-5,7-10,16H,3,6,11H2. The molecule has 1 aliphatic rings. The maximum Gasteiger partial charge on any atom is 0.254 e. The molecule has 3 rings (SSSR count). The lowest BCUT2D eigenvalue weighted by Gasteiger charge is -2.26. The second-order valence-corrected chi connectivity index (χ2v) is 6.51. The van der Waals surface area contributed by atoms with E-state index in [-0.39, 0.29) is 11.9 Å². The highest BCUT2D eigenvalue weighted by atomic mass is 79.9. The lowest BCUT2D eigenvalue weighted by Crippen LogP contribution is -2.30. The zero-order chi connectivity index (χ0) is 14.8. The van der Waals surface area contributed by atoms with Gasteiger partial charge in [-0.2, -0.15) is 0 Å². The Hall–Kier alpha value is -1.32. The predicted molar refractivity (Wildman–Crippen MR) is 88.6 cm³/mol. The van der Waals surface area contributed by atoms with Crippen LogP contribution in [-0.4, -0.2) is 17.4 Å². The van der Waals surface area contributed by atoms with E-state index in [0.717, 1.165) is 40.0 Å². The van der Waals surface area contributed by atoms with Gasteiger partial charge in [-0.1, -0.05) is 45.7 Å². The normalized spacial score (nSPS) is 18.0. The van der Waals surface area contributed by atoms with Crippen molar-refractivity contribution in [3.05, 3.63) is 69.2 Å². The molecule has 0 saturated carbocycles. The highest BCUT2D eigenvalue weighted by Crippen LogP contribution is 2.36. The van der Waals surface area contributed by atoms with Crippen molar-refractivity contribution in [1.82, 2.24) is 4.90 Å². The quantitative estimate of drug-likeness (QED) is 0.727. The number of benzene rings is 2. The molecule has 2 aromatic carbocycles. The number of hydrogen-bond acceptors (Lipinski definition) is 1. The van der Waals surface area contributed by atoms with Crippen molar-refractivity contribution in [3.63, 3.8) is 0 Å². The minimum atomic E-state index is 0.0740. The molecule has 2 aromatic rings. The number of likely N-dealkylation sites (tertiary alicyclic amines) is 1. The Labute approximate surface area is 137 Å². The molecule has 1 unspecified atom stereocenters. The molecule has 0 radical (unpaired) electrons. The molecule has 0 N–H and O–H groups in total. The molecule has 0 aliphatic carbocycles. The van der Waals surface area contributed by atoms with Crippen molar-refractivity contribution in [2.24, 2.45) is 0 Å². The van der Waals surface area contributed by atoms with Gasteiger partial charge in [-0.3, -0.25) is 4.79 Å². The first kappa shape index (κ1) is 14.6. The van der Waals surface area contributed by atoms with E-state index in [9.17, 15) is 4.79 Å². The Morgan fingerprint density at radius 3 is 2.57 bits per heavy atom. The molecule has 0 spiro atoms. The van der Waals surface area contributed by atoms with Gasteiger partial charge < -0.3 is 4.90 Å². The average molecular weight is 365 g/mol. The fourth-order valence-electron chi connectivity index (χ4n) is 2.84. The van der Waals surface area contributed by atoms with E-state index in [1.165, 1.54) is 0 Å². The fourth-order valence-corrected chi connectivity index (χ4v) is 3.36. The Balaban J connectivity index is 1.89. The van der Waals surface area contributed by atoms with Crippen LogP contribution >= 0.6 is 27.5 Å². The van der Waals surface area contributed by atoms with Gasteiger partial charge >= 0.3 is 0 Å². The summed E-state index contributed by atoms with van der Waals surface area (Å²) in [6.07, 6.45) is 1.98. The lowest BCUT2D eigenvalue weighted by atomic mass is 10.0. The minimum Gasteiger partial charge on any atom is -0.332 e. The molecule has 1 fully saturated rings. The van der Waals surface area contributed by atoms with Crippen LogP contribution in [0, 0.1) is 0 Å². The summed E-state index contributed by atoms with van der Waals surface area (Å²) in [4.78, 5) is 14.7. The Morgan fingerprint density at radius 1 is 1.14 bits per heavy atom. The van der Waals surface area contributed by atoms with Crippen LogP contribution in [0.5, 0.6) is 0 Å². The number of halogens is 2. The van der Waals surface area contributed by atoms with Crippen LogP contribution in [0.3, 0.4) is 0 Å². The van der Waals surface area contributed by atoms with Crippen LogP contribution in [0.4, 0.5) is 0 Å². The molecule has 1 amide bonds. The molecule has 0 aromatic heterocycles. The molecule has 1 heterocycles. The Kier molecular flexibility index (Phi) is 4.32. The number of carbonyl (C=O) groups is 1. The third kappa shape index (κ3) is 2.99. The van der Waals surface area contributed by atoms with Gasteiger partial charge in [-0.05, 0) is 48.7 Å². The first-order valence-corrected chi connectivity index (χ1v) is 8.15. The van der Waals surface area contributed by atoms with Crippen molar-refractivity contribution in [2.45, 2.75) is 18.9 Å². The van der Waals surface area contributed by atoms with Gasteiger partial charge in [-0.25, -0.2) is 0 Å². The molecule has 4 heteroatoms. The zero-order valence-electron chi connectivity index (χ0n) is 11.4. The summed E-state index contributed by atoms with van der Waals surface area (Å²) in [7, 11) is 0. The summed E-state index contributed by atoms with van der Waals surface area (Å²) in [5, 5.41) is 0.734. The SMILES string of the molecule is O=C(c1ccc(Br)cc1)N1CCCC1c1ccccc1Cl. The third-order valence-corrected chi connectivity index (χ3v) is 4.74. The van der Waals surface area contributed by atoms with E-state index >= 15 is 0 Å². The monoisotopic (exact) mass is 363 g/mol. The summed E-state index contributed by atoms with van der Waals surface area (Å²) in [6, 6.07) is 15.4. The predicted octanol–water partition coefficient (Wildman–Crippen LogP) is 5.08. The molecule has 2 nitrogen and oxygen atoms in total. The average Bonchev–Trinajstić information content (AvgIpc) is 2.97. The third-order valence-electron chi connectivity index (χ3n) is 3.87. The number of nitrogens with zero attached hydrogens (tertiary/aromatic N) is 1. The van der Waals surface area contributed by atoms with Crippen LogP contribution in [0.15, 0.2) is 53.0 Å². The molecule has 1 atom stereocenters. The van der Waals surface area contributed by atoms with Crippen LogP contribution in [-0.2, 0) is 0 Å². The molecule has 0 bridgehead atoms. The van der Waals surface area contributed by atoms with Gasteiger partial charge in [0.2, 0.25) is 0 Å². The number of carbonyl (C=O) groups excluding carboxylic acids is 1. The maximum atomic E-state index is 12.7. The summed E-state index contributed by atoms with van der Waals surface area (Å²) in [5.41, 5.74) is 1.76. The highest BCUT2D eigenvalue weighted by molar-refractivity contribution is 9.10. The first-order chi connectivity index (χ1) is 10.2. The van der Waals surface area contributed by atoms with Gasteiger partial charge in [0, 0.05) is 21.6 Å². The second-order valence-electron chi connectivity index (χ2n) is 5.18. The molecule has 21 heavy (non-hydrogen) atoms. The van der Waals surface area contributed by atoms with Crippen LogP contribution < -0.4 is 0 Å². The second kappa shape index (κ2) is 6.20. The fraction of sp³-hybridized carbons (Fsp3) is 0.235. The van der Waals surface area contributed by atoms with E-state index < -0.39 is 0 Å². The summed E-state index contributed by atoms with van der Waals surface area (Å²) >= 11 is 9.69. The van der Waals surface area contributed by atoms with E-state index in [0.29, 0.717) is 0 Å². The Morgan fingerprint density at radius 2 is 1.86 bits per heavy atom. The van der Waals surface area contributed by atoms with E-state index in [1.54, 1.807) is 0 Å². The van der Waals surface area contributed by atoms with Crippen molar-refractivity contribution < 1.29 is 4.79 Å². The van der Waals surface area contributed by atoms with Gasteiger partial charge in [0.15, 0.2) is 0 Å². The number of amides is 1. The van der Waals surface area contributed by atoms with Crippen molar-refractivity contribution in [3.8, 4) is 0 Å². The van der Waals surface area contributed by atoms with Crippen LogP contribution in [0.1, 0.15) is 34.8 Å². The smallest absolute Gasteiger partial charge is 0.254 e. The van der Waals surface area contributed by atoms with Crippen molar-refractivity contribution in [1.29, 1.82) is 0 Å². The zero-order valence-corrected chi connectivity index (χ0v) is 13.8. The summed E-state index contributed by atoms with van der Waals surface area (Å²) in [5.74, 6) is 0.0740. The summed E-state index contributed by atoms with van der Waals surface area (Å²) in [6.45, 7) is 0.783. The van der Waals surface area contributed by atoms with Gasteiger partial charge in [0.05, 0.1) is 6.04 Å².